The van der Waals surface area contributed by atoms with E-state index in [0.29, 0.717) is 5.56 Å². The predicted molar refractivity (Wildman–Crippen MR) is 120 cm³/mol. The van der Waals surface area contributed by atoms with E-state index in [9.17, 15) is 30.0 Å². The fourth-order valence-corrected chi connectivity index (χ4v) is 4.33. The molecule has 6 unspecified atom stereocenters. The highest BCUT2D eigenvalue weighted by molar-refractivity contribution is 6.03. The van der Waals surface area contributed by atoms with Crippen LogP contribution in [0.2, 0.25) is 0 Å². The Labute approximate surface area is 201 Å². The summed E-state index contributed by atoms with van der Waals surface area (Å²) in [5.74, 6) is -0.985. The van der Waals surface area contributed by atoms with Gasteiger partial charge in [-0.25, -0.2) is 0 Å². The molecular weight excluding hydrogens is 460 g/mol. The van der Waals surface area contributed by atoms with Crippen molar-refractivity contribution in [1.82, 2.24) is 0 Å². The molecule has 1 fully saturated rings. The predicted octanol–water partition coefficient (Wildman–Crippen LogP) is 1.47. The number of phenols is 1. The largest absolute Gasteiger partial charge is 0.507 e. The average Bonchev–Trinajstić information content (AvgIpc) is 2.84. The lowest BCUT2D eigenvalue weighted by molar-refractivity contribution is -0.278. The van der Waals surface area contributed by atoms with E-state index in [2.05, 4.69) is 0 Å². The number of rotatable bonds is 5. The lowest BCUT2D eigenvalue weighted by atomic mass is 9.91. The number of aromatic hydroxyl groups is 1. The molecule has 10 nitrogen and oxygen atoms in total. The molecule has 0 radical (unpaired) electrons. The van der Waals surface area contributed by atoms with Crippen molar-refractivity contribution in [2.24, 2.45) is 0 Å². The summed E-state index contributed by atoms with van der Waals surface area (Å²) >= 11 is 0. The summed E-state index contributed by atoms with van der Waals surface area (Å²) in [5, 5.41) is 41.8. The second-order valence-electron chi connectivity index (χ2n) is 8.71. The molecule has 4 rings (SSSR count). The zero-order valence-electron chi connectivity index (χ0n) is 19.5. The molecule has 0 amide bonds. The summed E-state index contributed by atoms with van der Waals surface area (Å²) < 4.78 is 22.5. The molecule has 4 N–H and O–H groups in total. The molecule has 0 aromatic heterocycles. The SMILES string of the molecule is CC(=O)OCC1OC(Oc2c(C)c(O)c3c(c2C)OC(c2ccccc2)CC3=O)C(O)C(O)C1O. The van der Waals surface area contributed by atoms with Crippen LogP contribution in [0.3, 0.4) is 0 Å². The molecule has 2 aliphatic rings. The van der Waals surface area contributed by atoms with Crippen LogP contribution < -0.4 is 9.47 Å². The fraction of sp³-hybridized carbons (Fsp3) is 0.440. The van der Waals surface area contributed by atoms with Gasteiger partial charge in [0.2, 0.25) is 6.29 Å². The standard InChI is InChI=1S/C25H28O10/c1-11-19(28)18-15(27)9-16(14-7-5-4-6-8-14)33-24(18)12(2)23(11)35-25-22(31)21(30)20(29)17(34-25)10-32-13(3)26/h4-8,16-17,20-22,25,28-31H,9-10H2,1-3H3. The van der Waals surface area contributed by atoms with Crippen LogP contribution in [0, 0.1) is 13.8 Å². The smallest absolute Gasteiger partial charge is 0.302 e. The number of hydrogen-bond donors (Lipinski definition) is 4. The minimum absolute atomic E-state index is 0.0489. The molecule has 0 spiro atoms. The van der Waals surface area contributed by atoms with Gasteiger partial charge in [-0.1, -0.05) is 30.3 Å². The third-order valence-electron chi connectivity index (χ3n) is 6.28. The molecule has 10 heteroatoms. The van der Waals surface area contributed by atoms with Crippen molar-refractivity contribution in [3.63, 3.8) is 0 Å². The average molecular weight is 488 g/mol. The highest BCUT2D eigenvalue weighted by Crippen LogP contribution is 2.48. The first-order valence-corrected chi connectivity index (χ1v) is 11.2. The fourth-order valence-electron chi connectivity index (χ4n) is 4.33. The van der Waals surface area contributed by atoms with E-state index in [-0.39, 0.29) is 47.2 Å². The van der Waals surface area contributed by atoms with Gasteiger partial charge in [0.15, 0.2) is 5.78 Å². The van der Waals surface area contributed by atoms with Crippen molar-refractivity contribution in [3.8, 4) is 17.2 Å². The van der Waals surface area contributed by atoms with Gasteiger partial charge in [-0.05, 0) is 19.4 Å². The molecule has 188 valence electrons. The molecule has 2 heterocycles. The Morgan fingerprint density at radius 2 is 1.74 bits per heavy atom. The van der Waals surface area contributed by atoms with Crippen molar-refractivity contribution >= 4 is 11.8 Å². The van der Waals surface area contributed by atoms with Crippen LogP contribution in [0.4, 0.5) is 0 Å². The number of ether oxygens (including phenoxy) is 4. The molecule has 1 saturated heterocycles. The van der Waals surface area contributed by atoms with Crippen molar-refractivity contribution in [3.05, 3.63) is 52.6 Å². The first-order chi connectivity index (χ1) is 16.6. The summed E-state index contributed by atoms with van der Waals surface area (Å²) in [6.45, 7) is 3.98. The third-order valence-corrected chi connectivity index (χ3v) is 6.28. The van der Waals surface area contributed by atoms with Gasteiger partial charge in [0.1, 0.15) is 59.9 Å². The second-order valence-corrected chi connectivity index (χ2v) is 8.71. The molecule has 0 aliphatic carbocycles. The number of ketones is 1. The first kappa shape index (κ1) is 24.9. The molecule has 2 aliphatic heterocycles. The van der Waals surface area contributed by atoms with Crippen LogP contribution in [-0.4, -0.2) is 69.5 Å². The van der Waals surface area contributed by atoms with Crippen LogP contribution in [0.1, 0.15) is 46.5 Å². The Balaban J connectivity index is 1.66. The highest BCUT2D eigenvalue weighted by Gasteiger charge is 2.46. The van der Waals surface area contributed by atoms with Crippen molar-refractivity contribution < 1.29 is 49.0 Å². The molecule has 0 saturated carbocycles. The quantitative estimate of drug-likeness (QED) is 0.455. The lowest BCUT2D eigenvalue weighted by Crippen LogP contribution is -2.60. The van der Waals surface area contributed by atoms with Gasteiger partial charge < -0.3 is 39.4 Å². The van der Waals surface area contributed by atoms with Gasteiger partial charge in [0, 0.05) is 18.1 Å². The van der Waals surface area contributed by atoms with Gasteiger partial charge in [0.05, 0.1) is 6.42 Å². The summed E-state index contributed by atoms with van der Waals surface area (Å²) in [4.78, 5) is 24.1. The zero-order chi connectivity index (χ0) is 25.4. The summed E-state index contributed by atoms with van der Waals surface area (Å²) in [5.41, 5.74) is 1.44. The number of Topliss-reactive ketones (excluding diaryl/α,β-unsaturated/α-hetero) is 1. The minimum Gasteiger partial charge on any atom is -0.507 e. The number of phenolic OH excluding ortho intramolecular Hbond substituents is 1. The van der Waals surface area contributed by atoms with E-state index in [1.807, 2.05) is 30.3 Å². The van der Waals surface area contributed by atoms with Gasteiger partial charge >= 0.3 is 5.97 Å². The molecular formula is C25H28O10. The Hall–Kier alpha value is -3.18. The van der Waals surface area contributed by atoms with Crippen LogP contribution >= 0.6 is 0 Å². The van der Waals surface area contributed by atoms with Crippen LogP contribution in [0.15, 0.2) is 30.3 Å². The first-order valence-electron chi connectivity index (χ1n) is 11.2. The van der Waals surface area contributed by atoms with Crippen molar-refractivity contribution in [2.45, 2.75) is 64.0 Å². The second kappa shape index (κ2) is 9.82. The maximum atomic E-state index is 12.9. The molecule has 6 atom stereocenters. The number of hydrogen-bond acceptors (Lipinski definition) is 10. The Kier molecular flexibility index (Phi) is 7.00. The third kappa shape index (κ3) is 4.70. The van der Waals surface area contributed by atoms with Gasteiger partial charge in [-0.3, -0.25) is 9.59 Å². The Bertz CT molecular complexity index is 1120. The number of aliphatic hydroxyl groups excluding tert-OH is 3. The summed E-state index contributed by atoms with van der Waals surface area (Å²) in [7, 11) is 0. The maximum absolute atomic E-state index is 12.9. The van der Waals surface area contributed by atoms with Gasteiger partial charge in [0.25, 0.3) is 0 Å². The minimum atomic E-state index is -1.66. The van der Waals surface area contributed by atoms with E-state index >= 15 is 0 Å². The number of esters is 1. The maximum Gasteiger partial charge on any atom is 0.302 e. The normalized spacial score (nSPS) is 28.1. The van der Waals surface area contributed by atoms with Crippen molar-refractivity contribution in [1.29, 1.82) is 0 Å². The molecule has 35 heavy (non-hydrogen) atoms. The monoisotopic (exact) mass is 488 g/mol. The van der Waals surface area contributed by atoms with Crippen molar-refractivity contribution in [2.75, 3.05) is 6.61 Å². The van der Waals surface area contributed by atoms with Gasteiger partial charge in [-0.2, -0.15) is 0 Å². The number of carbonyl (C=O) groups is 2. The summed E-state index contributed by atoms with van der Waals surface area (Å²) in [6, 6.07) is 9.20. The molecule has 2 aromatic rings. The number of benzene rings is 2. The zero-order valence-corrected chi connectivity index (χ0v) is 19.5. The van der Waals surface area contributed by atoms with E-state index in [1.165, 1.54) is 13.8 Å². The summed E-state index contributed by atoms with van der Waals surface area (Å²) in [6.07, 6.45) is -8.00. The van der Waals surface area contributed by atoms with E-state index in [0.717, 1.165) is 5.56 Å². The number of aliphatic hydroxyl groups is 3. The van der Waals surface area contributed by atoms with Crippen LogP contribution in [-0.2, 0) is 14.3 Å². The lowest BCUT2D eigenvalue weighted by Gasteiger charge is -2.40. The van der Waals surface area contributed by atoms with E-state index in [1.54, 1.807) is 6.92 Å². The van der Waals surface area contributed by atoms with E-state index in [4.69, 9.17) is 18.9 Å². The van der Waals surface area contributed by atoms with Crippen LogP contribution in [0.5, 0.6) is 17.2 Å². The topological polar surface area (TPSA) is 152 Å². The van der Waals surface area contributed by atoms with Crippen LogP contribution in [0.25, 0.3) is 0 Å². The number of fused-ring (bicyclic) bond motifs is 1. The highest BCUT2D eigenvalue weighted by atomic mass is 16.7. The van der Waals surface area contributed by atoms with E-state index < -0.39 is 42.8 Å². The molecule has 0 bridgehead atoms. The number of carbonyl (C=O) groups excluding carboxylic acids is 2. The Morgan fingerprint density at radius 3 is 2.40 bits per heavy atom. The van der Waals surface area contributed by atoms with Gasteiger partial charge in [-0.15, -0.1) is 0 Å². The Morgan fingerprint density at radius 1 is 1.06 bits per heavy atom. The molecule has 2 aromatic carbocycles.